The third-order valence-corrected chi connectivity index (χ3v) is 6.73. The molecule has 2 heterocycles. The molecule has 0 bridgehead atoms. The molecule has 1 N–H and O–H groups in total. The summed E-state index contributed by atoms with van der Waals surface area (Å²) in [6.07, 6.45) is 3.64. The molecule has 0 radical (unpaired) electrons. The van der Waals surface area contributed by atoms with Gasteiger partial charge in [0.15, 0.2) is 0 Å². The van der Waals surface area contributed by atoms with E-state index in [1.165, 1.54) is 11.3 Å². The van der Waals surface area contributed by atoms with Crippen LogP contribution in [0.1, 0.15) is 36.8 Å². The van der Waals surface area contributed by atoms with E-state index in [0.29, 0.717) is 9.88 Å². The van der Waals surface area contributed by atoms with Crippen LogP contribution in [0.25, 0.3) is 10.6 Å². The summed E-state index contributed by atoms with van der Waals surface area (Å²) in [6.45, 7) is 3.31. The van der Waals surface area contributed by atoms with Crippen molar-refractivity contribution in [2.45, 2.75) is 31.9 Å². The lowest BCUT2D eigenvalue weighted by Gasteiger charge is -2.14. The van der Waals surface area contributed by atoms with E-state index in [1.54, 1.807) is 32.3 Å². The van der Waals surface area contributed by atoms with Crippen molar-refractivity contribution in [3.63, 3.8) is 0 Å². The molecule has 0 aliphatic carbocycles. The molecular formula is C14H16ClN3O3S2. The molecule has 2 aromatic rings. The van der Waals surface area contributed by atoms with Crippen LogP contribution in [-0.2, 0) is 14.8 Å². The summed E-state index contributed by atoms with van der Waals surface area (Å²) in [5, 5.41) is -0.197. The van der Waals surface area contributed by atoms with Gasteiger partial charge in [-0.25, -0.2) is 13.4 Å². The van der Waals surface area contributed by atoms with Crippen molar-refractivity contribution in [2.75, 3.05) is 0 Å². The average molecular weight is 374 g/mol. The number of thiazole rings is 1. The lowest BCUT2D eigenvalue weighted by Crippen LogP contribution is -2.33. The van der Waals surface area contributed by atoms with Crippen LogP contribution in [-0.4, -0.2) is 24.3 Å². The molecule has 1 atom stereocenters. The van der Waals surface area contributed by atoms with Crippen LogP contribution in [0.5, 0.6) is 0 Å². The normalized spacial score (nSPS) is 12.8. The number of sulfonamides is 1. The highest BCUT2D eigenvalue weighted by molar-refractivity contribution is 7.90. The lowest BCUT2D eigenvalue weighted by molar-refractivity contribution is -0.119. The summed E-state index contributed by atoms with van der Waals surface area (Å²) in [5.74, 6) is -0.545. The van der Waals surface area contributed by atoms with E-state index in [2.05, 4.69) is 14.7 Å². The van der Waals surface area contributed by atoms with Gasteiger partial charge in [-0.3, -0.25) is 14.5 Å². The van der Waals surface area contributed by atoms with Crippen molar-refractivity contribution in [3.8, 4) is 10.6 Å². The fourth-order valence-electron chi connectivity index (χ4n) is 1.97. The van der Waals surface area contributed by atoms with E-state index in [1.807, 2.05) is 6.07 Å². The van der Waals surface area contributed by atoms with Crippen molar-refractivity contribution < 1.29 is 13.2 Å². The summed E-state index contributed by atoms with van der Waals surface area (Å²) >= 11 is 7.34. The second-order valence-corrected chi connectivity index (χ2v) is 7.99. The average Bonchev–Trinajstić information content (AvgIpc) is 2.90. The van der Waals surface area contributed by atoms with E-state index in [-0.39, 0.29) is 18.0 Å². The third-order valence-electron chi connectivity index (χ3n) is 3.13. The Balaban J connectivity index is 2.39. The van der Waals surface area contributed by atoms with Gasteiger partial charge in [0.05, 0.1) is 4.88 Å². The lowest BCUT2D eigenvalue weighted by atomic mass is 10.3. The van der Waals surface area contributed by atoms with Crippen LogP contribution < -0.4 is 4.72 Å². The van der Waals surface area contributed by atoms with Crippen molar-refractivity contribution in [1.29, 1.82) is 0 Å². The number of hydrogen-bond donors (Lipinski definition) is 1. The number of nitrogens with zero attached hydrogens (tertiary/aromatic N) is 2. The van der Waals surface area contributed by atoms with Gasteiger partial charge in [0.2, 0.25) is 15.9 Å². The van der Waals surface area contributed by atoms with Crippen LogP contribution in [0.15, 0.2) is 24.5 Å². The molecule has 124 valence electrons. The third kappa shape index (κ3) is 4.07. The molecule has 0 spiro atoms. The molecule has 0 saturated heterocycles. The smallest absolute Gasteiger partial charge is 0.242 e. The molecular weight excluding hydrogens is 358 g/mol. The molecule has 1 unspecified atom stereocenters. The number of aromatic nitrogens is 2. The minimum atomic E-state index is -3.86. The molecule has 23 heavy (non-hydrogen) atoms. The van der Waals surface area contributed by atoms with Crippen molar-refractivity contribution >= 4 is 38.9 Å². The first kappa shape index (κ1) is 17.8. The van der Waals surface area contributed by atoms with E-state index in [4.69, 9.17) is 11.6 Å². The minimum absolute atomic E-state index is 0.0903. The number of carbonyl (C=O) groups excluding carboxylic acids is 1. The SMILES string of the molecule is CCC(=O)NS(=O)(=O)C(CC)c1sc(-c2cccnc2)nc1Cl. The predicted molar refractivity (Wildman–Crippen MR) is 90.7 cm³/mol. The molecule has 0 aromatic carbocycles. The number of rotatable bonds is 6. The molecule has 9 heteroatoms. The first-order valence-electron chi connectivity index (χ1n) is 7.00. The molecule has 2 rings (SSSR count). The van der Waals surface area contributed by atoms with Crippen LogP contribution in [0.2, 0.25) is 5.15 Å². The summed E-state index contributed by atoms with van der Waals surface area (Å²) in [7, 11) is -3.86. The van der Waals surface area contributed by atoms with Gasteiger partial charge in [-0.1, -0.05) is 25.4 Å². The van der Waals surface area contributed by atoms with Gasteiger partial charge in [0.25, 0.3) is 0 Å². The highest BCUT2D eigenvalue weighted by Gasteiger charge is 2.31. The van der Waals surface area contributed by atoms with Gasteiger partial charge < -0.3 is 0 Å². The summed E-state index contributed by atoms with van der Waals surface area (Å²) in [5.41, 5.74) is 0.760. The van der Waals surface area contributed by atoms with Gasteiger partial charge >= 0.3 is 0 Å². The van der Waals surface area contributed by atoms with Gasteiger partial charge in [0, 0.05) is 24.4 Å². The first-order valence-corrected chi connectivity index (χ1v) is 9.74. The maximum Gasteiger partial charge on any atom is 0.242 e. The topological polar surface area (TPSA) is 89.0 Å². The Morgan fingerprint density at radius 2 is 2.17 bits per heavy atom. The van der Waals surface area contributed by atoms with Crippen LogP contribution in [0.3, 0.4) is 0 Å². The number of amides is 1. The molecule has 0 aliphatic heterocycles. The zero-order valence-corrected chi connectivity index (χ0v) is 15.0. The Labute approximate surface area is 144 Å². The highest BCUT2D eigenvalue weighted by atomic mass is 35.5. The maximum atomic E-state index is 12.4. The Morgan fingerprint density at radius 1 is 1.43 bits per heavy atom. The molecule has 0 fully saturated rings. The van der Waals surface area contributed by atoms with Crippen LogP contribution in [0.4, 0.5) is 0 Å². The van der Waals surface area contributed by atoms with E-state index < -0.39 is 21.2 Å². The maximum absolute atomic E-state index is 12.4. The van der Waals surface area contributed by atoms with Crippen LogP contribution in [0, 0.1) is 0 Å². The molecule has 2 aromatic heterocycles. The largest absolute Gasteiger partial charge is 0.274 e. The van der Waals surface area contributed by atoms with E-state index in [0.717, 1.165) is 5.56 Å². The highest BCUT2D eigenvalue weighted by Crippen LogP contribution is 2.38. The summed E-state index contributed by atoms with van der Waals surface area (Å²) in [6, 6.07) is 3.58. The summed E-state index contributed by atoms with van der Waals surface area (Å²) < 4.78 is 26.9. The Hall–Kier alpha value is -1.51. The zero-order valence-electron chi connectivity index (χ0n) is 12.6. The zero-order chi connectivity index (χ0) is 17.0. The number of pyridine rings is 1. The number of halogens is 1. The Bertz CT molecular complexity index is 791. The van der Waals surface area contributed by atoms with Crippen LogP contribution >= 0.6 is 22.9 Å². The molecule has 0 aliphatic rings. The summed E-state index contributed by atoms with van der Waals surface area (Å²) in [4.78, 5) is 20.1. The van der Waals surface area contributed by atoms with E-state index in [9.17, 15) is 13.2 Å². The fourth-order valence-corrected chi connectivity index (χ4v) is 5.39. The van der Waals surface area contributed by atoms with Crippen molar-refractivity contribution in [1.82, 2.24) is 14.7 Å². The first-order chi connectivity index (χ1) is 10.9. The second-order valence-electron chi connectivity index (χ2n) is 4.74. The Kier molecular flexibility index (Phi) is 5.72. The number of carbonyl (C=O) groups is 1. The van der Waals surface area contributed by atoms with Crippen molar-refractivity contribution in [3.05, 3.63) is 34.6 Å². The molecule has 1 amide bonds. The van der Waals surface area contributed by atoms with Gasteiger partial charge in [-0.15, -0.1) is 11.3 Å². The minimum Gasteiger partial charge on any atom is -0.274 e. The molecule has 0 saturated carbocycles. The second kappa shape index (κ2) is 7.37. The van der Waals surface area contributed by atoms with Gasteiger partial charge in [-0.05, 0) is 18.6 Å². The van der Waals surface area contributed by atoms with Gasteiger partial charge in [0.1, 0.15) is 15.4 Å². The molecule has 6 nitrogen and oxygen atoms in total. The predicted octanol–water partition coefficient (Wildman–Crippen LogP) is 3.17. The van der Waals surface area contributed by atoms with Crippen molar-refractivity contribution in [2.24, 2.45) is 0 Å². The number of nitrogens with one attached hydrogen (secondary N) is 1. The fraction of sp³-hybridized carbons (Fsp3) is 0.357. The Morgan fingerprint density at radius 3 is 2.74 bits per heavy atom. The standard InChI is InChI=1S/C14H16ClN3O3S2/c1-3-10(23(20,21)18-11(19)4-2)12-13(15)17-14(22-12)9-6-5-7-16-8-9/h5-8,10H,3-4H2,1-2H3,(H,18,19). The van der Waals surface area contributed by atoms with E-state index >= 15 is 0 Å². The monoisotopic (exact) mass is 373 g/mol. The quantitative estimate of drug-likeness (QED) is 0.840. The van der Waals surface area contributed by atoms with Gasteiger partial charge in [-0.2, -0.15) is 0 Å². The number of hydrogen-bond acceptors (Lipinski definition) is 6.